The first kappa shape index (κ1) is 12.3. The van der Waals surface area contributed by atoms with Gasteiger partial charge in [0, 0.05) is 30.4 Å². The van der Waals surface area contributed by atoms with Crippen LogP contribution in [-0.2, 0) is 6.42 Å². The fourth-order valence-corrected chi connectivity index (χ4v) is 1.62. The molecule has 2 rings (SSSR count). The first-order valence-electron chi connectivity index (χ1n) is 5.68. The molecule has 0 radical (unpaired) electrons. The van der Waals surface area contributed by atoms with Crippen molar-refractivity contribution in [3.05, 3.63) is 53.4 Å². The van der Waals surface area contributed by atoms with Crippen molar-refractivity contribution in [2.75, 3.05) is 6.54 Å². The Bertz CT molecular complexity index is 537. The van der Waals surface area contributed by atoms with E-state index in [9.17, 15) is 9.18 Å². The van der Waals surface area contributed by atoms with Crippen LogP contribution in [0.3, 0.4) is 0 Å². The molecule has 0 saturated carbocycles. The molecule has 1 aromatic carbocycles. The highest BCUT2D eigenvalue weighted by Crippen LogP contribution is 2.09. The van der Waals surface area contributed by atoms with E-state index >= 15 is 0 Å². The minimum Gasteiger partial charge on any atom is -0.352 e. The summed E-state index contributed by atoms with van der Waals surface area (Å²) >= 11 is 0. The molecule has 4 nitrogen and oxygen atoms in total. The SMILES string of the molecule is Cc1cc(C(=O)NCCc2cnc[nH]2)ccc1F. The molecule has 5 heteroatoms. The number of imidazole rings is 1. The van der Waals surface area contributed by atoms with Gasteiger partial charge in [-0.3, -0.25) is 4.79 Å². The van der Waals surface area contributed by atoms with Crippen molar-refractivity contribution >= 4 is 5.91 Å². The largest absolute Gasteiger partial charge is 0.352 e. The Morgan fingerprint density at radius 1 is 1.50 bits per heavy atom. The number of rotatable bonds is 4. The van der Waals surface area contributed by atoms with Crippen LogP contribution in [0.4, 0.5) is 4.39 Å². The third-order valence-corrected chi connectivity index (χ3v) is 2.65. The highest BCUT2D eigenvalue weighted by molar-refractivity contribution is 5.94. The number of aromatic amines is 1. The van der Waals surface area contributed by atoms with Gasteiger partial charge in [-0.25, -0.2) is 9.37 Å². The molecule has 18 heavy (non-hydrogen) atoms. The number of H-pyrrole nitrogens is 1. The van der Waals surface area contributed by atoms with Gasteiger partial charge >= 0.3 is 0 Å². The van der Waals surface area contributed by atoms with Crippen LogP contribution >= 0.6 is 0 Å². The van der Waals surface area contributed by atoms with Gasteiger partial charge in [-0.15, -0.1) is 0 Å². The molecule has 2 aromatic rings. The van der Waals surface area contributed by atoms with Crippen LogP contribution in [0, 0.1) is 12.7 Å². The number of carbonyl (C=O) groups excluding carboxylic acids is 1. The summed E-state index contributed by atoms with van der Waals surface area (Å²) in [6, 6.07) is 4.33. The molecule has 0 aliphatic rings. The molecule has 0 aliphatic carbocycles. The van der Waals surface area contributed by atoms with E-state index in [-0.39, 0.29) is 11.7 Å². The molecule has 0 bridgehead atoms. The van der Waals surface area contributed by atoms with Gasteiger partial charge in [0.05, 0.1) is 6.33 Å². The van der Waals surface area contributed by atoms with Gasteiger partial charge < -0.3 is 10.3 Å². The summed E-state index contributed by atoms with van der Waals surface area (Å²) in [4.78, 5) is 18.6. The van der Waals surface area contributed by atoms with E-state index in [4.69, 9.17) is 0 Å². The second kappa shape index (κ2) is 5.44. The van der Waals surface area contributed by atoms with E-state index in [0.29, 0.717) is 24.1 Å². The number of nitrogens with one attached hydrogen (secondary N) is 2. The van der Waals surface area contributed by atoms with Crippen LogP contribution in [0.2, 0.25) is 0 Å². The van der Waals surface area contributed by atoms with Crippen LogP contribution in [0.1, 0.15) is 21.6 Å². The molecular weight excluding hydrogens is 233 g/mol. The summed E-state index contributed by atoms with van der Waals surface area (Å²) in [5.41, 5.74) is 1.90. The third kappa shape index (κ3) is 2.94. The van der Waals surface area contributed by atoms with Crippen LogP contribution < -0.4 is 5.32 Å². The second-order valence-corrected chi connectivity index (χ2v) is 4.05. The molecule has 0 saturated heterocycles. The lowest BCUT2D eigenvalue weighted by Crippen LogP contribution is -2.25. The second-order valence-electron chi connectivity index (χ2n) is 4.05. The van der Waals surface area contributed by atoms with Crippen molar-refractivity contribution in [3.63, 3.8) is 0 Å². The van der Waals surface area contributed by atoms with Crippen molar-refractivity contribution in [1.29, 1.82) is 0 Å². The molecule has 0 aliphatic heterocycles. The molecule has 0 unspecified atom stereocenters. The lowest BCUT2D eigenvalue weighted by Gasteiger charge is -2.05. The highest BCUT2D eigenvalue weighted by atomic mass is 19.1. The summed E-state index contributed by atoms with van der Waals surface area (Å²) in [5, 5.41) is 2.77. The Labute approximate surface area is 104 Å². The normalized spacial score (nSPS) is 10.3. The minimum absolute atomic E-state index is 0.197. The zero-order chi connectivity index (χ0) is 13.0. The van der Waals surface area contributed by atoms with Crippen molar-refractivity contribution in [2.24, 2.45) is 0 Å². The number of carbonyl (C=O) groups is 1. The molecule has 2 N–H and O–H groups in total. The maximum absolute atomic E-state index is 13.1. The van der Waals surface area contributed by atoms with E-state index in [1.165, 1.54) is 12.1 Å². The van der Waals surface area contributed by atoms with Gasteiger partial charge in [0.15, 0.2) is 0 Å². The van der Waals surface area contributed by atoms with Crippen LogP contribution in [0.5, 0.6) is 0 Å². The van der Waals surface area contributed by atoms with Gasteiger partial charge in [0.1, 0.15) is 5.82 Å². The quantitative estimate of drug-likeness (QED) is 0.866. The molecule has 1 heterocycles. The van der Waals surface area contributed by atoms with E-state index < -0.39 is 0 Å². The lowest BCUT2D eigenvalue weighted by molar-refractivity contribution is 0.0954. The van der Waals surface area contributed by atoms with Gasteiger partial charge in [0.2, 0.25) is 0 Å². The Morgan fingerprint density at radius 3 is 3.00 bits per heavy atom. The van der Waals surface area contributed by atoms with Gasteiger partial charge in [-0.1, -0.05) is 0 Å². The molecular formula is C13H14FN3O. The van der Waals surface area contributed by atoms with E-state index in [1.54, 1.807) is 25.5 Å². The van der Waals surface area contributed by atoms with Crippen molar-refractivity contribution in [1.82, 2.24) is 15.3 Å². The Balaban J connectivity index is 1.89. The molecule has 1 aromatic heterocycles. The number of hydrogen-bond donors (Lipinski definition) is 2. The highest BCUT2D eigenvalue weighted by Gasteiger charge is 2.07. The van der Waals surface area contributed by atoms with Crippen LogP contribution in [0.25, 0.3) is 0 Å². The number of nitrogens with zero attached hydrogens (tertiary/aromatic N) is 1. The maximum Gasteiger partial charge on any atom is 0.251 e. The van der Waals surface area contributed by atoms with Crippen LogP contribution in [0.15, 0.2) is 30.7 Å². The fraction of sp³-hybridized carbons (Fsp3) is 0.231. The number of halogens is 1. The summed E-state index contributed by atoms with van der Waals surface area (Å²) in [6.07, 6.45) is 4.00. The van der Waals surface area contributed by atoms with Gasteiger partial charge in [0.25, 0.3) is 5.91 Å². The summed E-state index contributed by atoms with van der Waals surface area (Å²) in [5.74, 6) is -0.498. The summed E-state index contributed by atoms with van der Waals surface area (Å²) in [7, 11) is 0. The number of hydrogen-bond acceptors (Lipinski definition) is 2. The summed E-state index contributed by atoms with van der Waals surface area (Å²) in [6.45, 7) is 2.15. The molecule has 0 fully saturated rings. The predicted molar refractivity (Wildman–Crippen MR) is 65.8 cm³/mol. The predicted octanol–water partition coefficient (Wildman–Crippen LogP) is 1.83. The Kier molecular flexibility index (Phi) is 3.72. The number of amides is 1. The lowest BCUT2D eigenvalue weighted by atomic mass is 10.1. The number of aromatic nitrogens is 2. The molecule has 1 amide bonds. The van der Waals surface area contributed by atoms with Gasteiger partial charge in [-0.05, 0) is 30.7 Å². The standard InChI is InChI=1S/C13H14FN3O/c1-9-6-10(2-3-12(9)14)13(18)16-5-4-11-7-15-8-17-11/h2-3,6-8H,4-5H2,1H3,(H,15,17)(H,16,18). The fourth-order valence-electron chi connectivity index (χ4n) is 1.62. The molecule has 94 valence electrons. The van der Waals surface area contributed by atoms with Crippen LogP contribution in [-0.4, -0.2) is 22.4 Å². The maximum atomic E-state index is 13.1. The van der Waals surface area contributed by atoms with E-state index in [1.807, 2.05) is 0 Å². The average Bonchev–Trinajstić information content (AvgIpc) is 2.85. The Hall–Kier alpha value is -2.17. The third-order valence-electron chi connectivity index (χ3n) is 2.65. The zero-order valence-electron chi connectivity index (χ0n) is 10.0. The number of benzene rings is 1. The summed E-state index contributed by atoms with van der Waals surface area (Å²) < 4.78 is 13.1. The topological polar surface area (TPSA) is 57.8 Å². The van der Waals surface area contributed by atoms with Gasteiger partial charge in [-0.2, -0.15) is 0 Å². The van der Waals surface area contributed by atoms with E-state index in [2.05, 4.69) is 15.3 Å². The first-order chi connectivity index (χ1) is 8.66. The minimum atomic E-state index is -0.302. The van der Waals surface area contributed by atoms with Crippen molar-refractivity contribution in [2.45, 2.75) is 13.3 Å². The Morgan fingerprint density at radius 2 is 2.33 bits per heavy atom. The van der Waals surface area contributed by atoms with Crippen molar-refractivity contribution in [3.8, 4) is 0 Å². The average molecular weight is 247 g/mol. The molecule has 0 atom stereocenters. The smallest absolute Gasteiger partial charge is 0.251 e. The molecule has 0 spiro atoms. The zero-order valence-corrected chi connectivity index (χ0v) is 10.0. The first-order valence-corrected chi connectivity index (χ1v) is 5.68. The van der Waals surface area contributed by atoms with Crippen molar-refractivity contribution < 1.29 is 9.18 Å². The van der Waals surface area contributed by atoms with E-state index in [0.717, 1.165) is 5.69 Å². The monoisotopic (exact) mass is 247 g/mol. The number of aryl methyl sites for hydroxylation is 1.